The summed E-state index contributed by atoms with van der Waals surface area (Å²) in [6.07, 6.45) is 3.66. The fourth-order valence-electron chi connectivity index (χ4n) is 0.818. The second kappa shape index (κ2) is 9.92. The molecule has 0 heterocycles. The van der Waals surface area contributed by atoms with Crippen molar-refractivity contribution in [1.29, 1.82) is 0 Å². The van der Waals surface area contributed by atoms with Crippen LogP contribution in [-0.4, -0.2) is 26.3 Å². The van der Waals surface area contributed by atoms with Gasteiger partial charge in [0.15, 0.2) is 0 Å². The van der Waals surface area contributed by atoms with E-state index in [9.17, 15) is 0 Å². The van der Waals surface area contributed by atoms with Crippen LogP contribution in [0.3, 0.4) is 0 Å². The lowest BCUT2D eigenvalue weighted by molar-refractivity contribution is 0.136. The summed E-state index contributed by atoms with van der Waals surface area (Å²) in [7, 11) is 0. The lowest BCUT2D eigenvalue weighted by atomic mass is 10.3. The van der Waals surface area contributed by atoms with Gasteiger partial charge in [0.25, 0.3) is 0 Å². The molecule has 0 aliphatic carbocycles. The molecular weight excluding hydrogens is 138 g/mol. The first kappa shape index (κ1) is 10.9. The summed E-state index contributed by atoms with van der Waals surface area (Å²) in [6.45, 7) is 8.22. The van der Waals surface area contributed by atoms with E-state index < -0.39 is 0 Å². The fourth-order valence-corrected chi connectivity index (χ4v) is 0.818. The molecular formula is C9H21NO. The number of ether oxygens (including phenoxy) is 1. The molecule has 0 radical (unpaired) electrons. The van der Waals surface area contributed by atoms with Crippen LogP contribution in [0.25, 0.3) is 0 Å². The highest BCUT2D eigenvalue weighted by molar-refractivity contribution is 4.44. The molecule has 68 valence electrons. The zero-order valence-electron chi connectivity index (χ0n) is 7.86. The van der Waals surface area contributed by atoms with Gasteiger partial charge < -0.3 is 10.1 Å². The van der Waals surface area contributed by atoms with Crippen LogP contribution in [0.5, 0.6) is 0 Å². The zero-order valence-corrected chi connectivity index (χ0v) is 7.86. The Labute approximate surface area is 70.3 Å². The van der Waals surface area contributed by atoms with E-state index in [1.807, 2.05) is 0 Å². The molecule has 0 atom stereocenters. The number of nitrogens with one attached hydrogen (secondary N) is 1. The van der Waals surface area contributed by atoms with Crippen LogP contribution in [0.2, 0.25) is 0 Å². The molecule has 11 heavy (non-hydrogen) atoms. The number of hydrogen-bond acceptors (Lipinski definition) is 2. The average molecular weight is 159 g/mol. The predicted octanol–water partition coefficient (Wildman–Crippen LogP) is 1.80. The number of hydrogen-bond donors (Lipinski definition) is 1. The molecule has 2 nitrogen and oxygen atoms in total. The van der Waals surface area contributed by atoms with Gasteiger partial charge in [0.05, 0.1) is 6.61 Å². The molecule has 0 fully saturated rings. The van der Waals surface area contributed by atoms with E-state index in [1.54, 1.807) is 0 Å². The first-order valence-corrected chi connectivity index (χ1v) is 4.70. The molecule has 2 heteroatoms. The van der Waals surface area contributed by atoms with E-state index in [1.165, 1.54) is 12.8 Å². The molecule has 0 saturated carbocycles. The zero-order chi connectivity index (χ0) is 8.36. The SMILES string of the molecule is CCCCNCCOCCC. The first-order valence-electron chi connectivity index (χ1n) is 4.70. The Balaban J connectivity index is 2.69. The van der Waals surface area contributed by atoms with Gasteiger partial charge in [0.2, 0.25) is 0 Å². The molecule has 1 N–H and O–H groups in total. The second-order valence-corrected chi connectivity index (χ2v) is 2.72. The predicted molar refractivity (Wildman–Crippen MR) is 48.9 cm³/mol. The molecule has 0 aromatic rings. The quantitative estimate of drug-likeness (QED) is 0.545. The Hall–Kier alpha value is -0.0800. The molecule has 0 unspecified atom stereocenters. The molecule has 0 aliphatic heterocycles. The van der Waals surface area contributed by atoms with E-state index in [0.29, 0.717) is 0 Å². The Morgan fingerprint density at radius 1 is 1.00 bits per heavy atom. The molecule has 0 bridgehead atoms. The van der Waals surface area contributed by atoms with E-state index in [4.69, 9.17) is 4.74 Å². The highest BCUT2D eigenvalue weighted by Gasteiger charge is 1.86. The van der Waals surface area contributed by atoms with Gasteiger partial charge >= 0.3 is 0 Å². The third-order valence-corrected chi connectivity index (χ3v) is 1.48. The third kappa shape index (κ3) is 9.92. The van der Waals surface area contributed by atoms with Gasteiger partial charge in [-0.2, -0.15) is 0 Å². The van der Waals surface area contributed by atoms with Crippen LogP contribution in [0, 0.1) is 0 Å². The molecule has 0 amide bonds. The van der Waals surface area contributed by atoms with Crippen molar-refractivity contribution in [3.05, 3.63) is 0 Å². The van der Waals surface area contributed by atoms with Crippen molar-refractivity contribution in [3.63, 3.8) is 0 Å². The van der Waals surface area contributed by atoms with E-state index in [0.717, 1.165) is 32.7 Å². The van der Waals surface area contributed by atoms with Crippen LogP contribution in [0.1, 0.15) is 33.1 Å². The van der Waals surface area contributed by atoms with Crippen molar-refractivity contribution in [2.24, 2.45) is 0 Å². The lowest BCUT2D eigenvalue weighted by Crippen LogP contribution is -2.20. The minimum Gasteiger partial charge on any atom is -0.380 e. The van der Waals surface area contributed by atoms with E-state index in [2.05, 4.69) is 19.2 Å². The summed E-state index contributed by atoms with van der Waals surface area (Å²) in [5, 5.41) is 3.32. The van der Waals surface area contributed by atoms with Crippen molar-refractivity contribution < 1.29 is 4.74 Å². The number of rotatable bonds is 8. The Morgan fingerprint density at radius 3 is 2.45 bits per heavy atom. The smallest absolute Gasteiger partial charge is 0.0590 e. The van der Waals surface area contributed by atoms with Crippen LogP contribution < -0.4 is 5.32 Å². The number of unbranched alkanes of at least 4 members (excludes halogenated alkanes) is 1. The van der Waals surface area contributed by atoms with Crippen molar-refractivity contribution in [3.8, 4) is 0 Å². The summed E-state index contributed by atoms with van der Waals surface area (Å²) in [6, 6.07) is 0. The van der Waals surface area contributed by atoms with E-state index >= 15 is 0 Å². The molecule has 0 aromatic heterocycles. The summed E-state index contributed by atoms with van der Waals surface area (Å²) in [5.41, 5.74) is 0. The van der Waals surface area contributed by atoms with Gasteiger partial charge in [0.1, 0.15) is 0 Å². The van der Waals surface area contributed by atoms with Gasteiger partial charge in [-0.1, -0.05) is 20.3 Å². The maximum atomic E-state index is 5.30. The topological polar surface area (TPSA) is 21.3 Å². The fraction of sp³-hybridized carbons (Fsp3) is 1.00. The molecule has 0 aliphatic rings. The van der Waals surface area contributed by atoms with E-state index in [-0.39, 0.29) is 0 Å². The van der Waals surface area contributed by atoms with Crippen molar-refractivity contribution >= 4 is 0 Å². The normalized spacial score (nSPS) is 10.4. The van der Waals surface area contributed by atoms with Crippen LogP contribution in [-0.2, 0) is 4.74 Å². The summed E-state index contributed by atoms with van der Waals surface area (Å²) in [5.74, 6) is 0. The Morgan fingerprint density at radius 2 is 1.82 bits per heavy atom. The second-order valence-electron chi connectivity index (χ2n) is 2.72. The molecule has 0 aromatic carbocycles. The maximum Gasteiger partial charge on any atom is 0.0590 e. The molecule has 0 spiro atoms. The van der Waals surface area contributed by atoms with Crippen molar-refractivity contribution in [2.45, 2.75) is 33.1 Å². The summed E-state index contributed by atoms with van der Waals surface area (Å²) < 4.78 is 5.30. The minimum absolute atomic E-state index is 0.859. The Bertz CT molecular complexity index is 58.6. The average Bonchev–Trinajstić information content (AvgIpc) is 2.03. The summed E-state index contributed by atoms with van der Waals surface area (Å²) in [4.78, 5) is 0. The van der Waals surface area contributed by atoms with Gasteiger partial charge in [-0.05, 0) is 19.4 Å². The Kier molecular flexibility index (Phi) is 9.85. The van der Waals surface area contributed by atoms with Crippen molar-refractivity contribution in [1.82, 2.24) is 5.32 Å². The van der Waals surface area contributed by atoms with Crippen LogP contribution >= 0.6 is 0 Å². The van der Waals surface area contributed by atoms with Gasteiger partial charge in [-0.3, -0.25) is 0 Å². The lowest BCUT2D eigenvalue weighted by Gasteiger charge is -2.03. The van der Waals surface area contributed by atoms with Gasteiger partial charge in [-0.25, -0.2) is 0 Å². The highest BCUT2D eigenvalue weighted by Crippen LogP contribution is 1.82. The van der Waals surface area contributed by atoms with Crippen LogP contribution in [0.15, 0.2) is 0 Å². The highest BCUT2D eigenvalue weighted by atomic mass is 16.5. The minimum atomic E-state index is 0.859. The monoisotopic (exact) mass is 159 g/mol. The standard InChI is InChI=1S/C9H21NO/c1-3-5-6-10-7-9-11-8-4-2/h10H,3-9H2,1-2H3. The molecule has 0 rings (SSSR count). The van der Waals surface area contributed by atoms with Gasteiger partial charge in [-0.15, -0.1) is 0 Å². The first-order chi connectivity index (χ1) is 5.41. The largest absolute Gasteiger partial charge is 0.380 e. The third-order valence-electron chi connectivity index (χ3n) is 1.48. The van der Waals surface area contributed by atoms with Gasteiger partial charge in [0, 0.05) is 13.2 Å². The van der Waals surface area contributed by atoms with Crippen molar-refractivity contribution in [2.75, 3.05) is 26.3 Å². The molecule has 0 saturated heterocycles. The maximum absolute atomic E-state index is 5.30. The van der Waals surface area contributed by atoms with Crippen LogP contribution in [0.4, 0.5) is 0 Å². The summed E-state index contributed by atoms with van der Waals surface area (Å²) >= 11 is 0.